The molecule has 5 N–H and O–H groups in total. The minimum atomic E-state index is -0.442. The quantitative estimate of drug-likeness (QED) is 0.0634. The van der Waals surface area contributed by atoms with Crippen molar-refractivity contribution >= 4 is 11.9 Å². The molecule has 60 heavy (non-hydrogen) atoms. The molecular formula is C49H80N4O7. The van der Waals surface area contributed by atoms with E-state index in [4.69, 9.17) is 10.3 Å². The number of ether oxygens (including phenoxy) is 1. The van der Waals surface area contributed by atoms with E-state index in [1.165, 1.54) is 7.11 Å². The molecule has 14 unspecified atom stereocenters. The van der Waals surface area contributed by atoms with Gasteiger partial charge >= 0.3 is 5.97 Å². The van der Waals surface area contributed by atoms with Crippen LogP contribution >= 0.6 is 0 Å². The van der Waals surface area contributed by atoms with Crippen molar-refractivity contribution < 1.29 is 34.8 Å². The number of carbonyl (C=O) groups is 2. The van der Waals surface area contributed by atoms with E-state index >= 15 is 0 Å². The zero-order chi connectivity index (χ0) is 43.1. The minimum Gasteiger partial charge on any atom is -0.469 e. The van der Waals surface area contributed by atoms with Gasteiger partial charge in [-0.15, -0.1) is 0 Å². The second-order valence-corrected chi connectivity index (χ2v) is 23.5. The standard InChI is InChI=1S/C49H80N4O7/c1-26(32-10-12-34-45-37(25-40(56)48(32,34)5)47(4)19-17-31(52-53-50)21-29(47)23-39(45)55)8-14-42(58)51-30-16-18-46(3)28(20-30)22-38(54)44-35-13-11-33(27(2)9-15-43(59)60-7)49(35,6)41(57)24-36(44)46/h26-41,44-45,54-57H,8-25H2,1-7H3,(H,51,58)/t26?,27?,28-,29-,30+,31+,32?,33?,34?,35?,36?,37?,38-,39-,40?,41?,44+,45+,46?,47?,48?,49?/m0/s1. The van der Waals surface area contributed by atoms with Gasteiger partial charge in [0.1, 0.15) is 0 Å². The van der Waals surface area contributed by atoms with E-state index in [-0.39, 0.29) is 87.0 Å². The molecule has 8 aliphatic rings. The van der Waals surface area contributed by atoms with Crippen LogP contribution in [0.15, 0.2) is 5.11 Å². The Labute approximate surface area is 360 Å². The number of aliphatic hydroxyl groups excluding tert-OH is 4. The molecule has 8 aliphatic carbocycles. The summed E-state index contributed by atoms with van der Waals surface area (Å²) in [5, 5.41) is 55.4. The largest absolute Gasteiger partial charge is 0.469 e. The van der Waals surface area contributed by atoms with Crippen molar-refractivity contribution in [3.05, 3.63) is 10.4 Å². The van der Waals surface area contributed by atoms with Gasteiger partial charge in [-0.3, -0.25) is 9.59 Å². The number of hydrogen-bond acceptors (Lipinski definition) is 8. The molecule has 8 saturated carbocycles. The Kier molecular flexibility index (Phi) is 12.3. The van der Waals surface area contributed by atoms with E-state index in [0.29, 0.717) is 55.3 Å². The Morgan fingerprint density at radius 2 is 1.20 bits per heavy atom. The highest BCUT2D eigenvalue weighted by molar-refractivity contribution is 5.76. The monoisotopic (exact) mass is 837 g/mol. The number of azide groups is 1. The molecule has 0 aromatic carbocycles. The third-order valence-electron chi connectivity index (χ3n) is 21.5. The highest BCUT2D eigenvalue weighted by Crippen LogP contribution is 2.70. The average molecular weight is 837 g/mol. The van der Waals surface area contributed by atoms with Crippen molar-refractivity contribution in [3.63, 3.8) is 0 Å². The summed E-state index contributed by atoms with van der Waals surface area (Å²) in [6.45, 7) is 13.9. The number of aliphatic hydroxyl groups is 4. The number of rotatable bonds is 10. The summed E-state index contributed by atoms with van der Waals surface area (Å²) in [4.78, 5) is 28.8. The van der Waals surface area contributed by atoms with Crippen LogP contribution in [0.5, 0.6) is 0 Å². The highest BCUT2D eigenvalue weighted by Gasteiger charge is 2.67. The zero-order valence-corrected chi connectivity index (χ0v) is 38.0. The van der Waals surface area contributed by atoms with Gasteiger partial charge in [0.15, 0.2) is 0 Å². The number of nitrogens with one attached hydrogen (secondary N) is 1. The molecular weight excluding hydrogens is 757 g/mol. The van der Waals surface area contributed by atoms with Crippen LogP contribution in [0.1, 0.15) is 157 Å². The molecule has 11 nitrogen and oxygen atoms in total. The Balaban J connectivity index is 0.861. The molecule has 0 aliphatic heterocycles. The van der Waals surface area contributed by atoms with Gasteiger partial charge in [0.25, 0.3) is 0 Å². The molecule has 11 heteroatoms. The first-order valence-corrected chi connectivity index (χ1v) is 24.5. The van der Waals surface area contributed by atoms with Gasteiger partial charge in [-0.25, -0.2) is 0 Å². The van der Waals surface area contributed by atoms with E-state index in [9.17, 15) is 30.0 Å². The van der Waals surface area contributed by atoms with E-state index < -0.39 is 24.4 Å². The van der Waals surface area contributed by atoms with E-state index in [0.717, 1.165) is 89.9 Å². The average Bonchev–Trinajstić information content (AvgIpc) is 3.76. The molecule has 0 spiro atoms. The first kappa shape index (κ1) is 44.7. The number of hydrogen-bond donors (Lipinski definition) is 5. The Bertz CT molecular complexity index is 1660. The molecule has 8 fully saturated rings. The Morgan fingerprint density at radius 3 is 1.72 bits per heavy atom. The van der Waals surface area contributed by atoms with Crippen LogP contribution in [0.4, 0.5) is 0 Å². The SMILES string of the molecule is COC(=O)CCC(C)C1CCC2[C@@H]3C(CC(O)C12C)C1(C)CC[C@@H](NC(=O)CCC(C)C2CCC4[C@@H]5C(CC(O)C24C)C2(C)CC[C@@H](N=[N+]=[N-])C[C@H]2C[C@@H]5O)C[C@H]1C[C@@H]3O. The van der Waals surface area contributed by atoms with Gasteiger partial charge < -0.3 is 30.5 Å². The normalized spacial score (nSPS) is 51.5. The summed E-state index contributed by atoms with van der Waals surface area (Å²) in [6, 6.07) is 0.0903. The summed E-state index contributed by atoms with van der Waals surface area (Å²) >= 11 is 0. The number of amides is 1. The smallest absolute Gasteiger partial charge is 0.305 e. The first-order valence-electron chi connectivity index (χ1n) is 24.5. The minimum absolute atomic E-state index is 0.00216. The van der Waals surface area contributed by atoms with Crippen LogP contribution in [0.2, 0.25) is 0 Å². The predicted molar refractivity (Wildman–Crippen MR) is 230 cm³/mol. The number of methoxy groups -OCH3 is 1. The Morgan fingerprint density at radius 1 is 0.700 bits per heavy atom. The molecule has 0 saturated heterocycles. The lowest BCUT2D eigenvalue weighted by molar-refractivity contribution is -0.202. The van der Waals surface area contributed by atoms with Crippen molar-refractivity contribution in [1.29, 1.82) is 0 Å². The second-order valence-electron chi connectivity index (χ2n) is 23.5. The van der Waals surface area contributed by atoms with E-state index in [1.807, 2.05) is 0 Å². The lowest BCUT2D eigenvalue weighted by Gasteiger charge is -2.63. The van der Waals surface area contributed by atoms with Crippen LogP contribution in [0, 0.1) is 92.7 Å². The molecule has 338 valence electrons. The fraction of sp³-hybridized carbons (Fsp3) is 0.959. The third-order valence-corrected chi connectivity index (χ3v) is 21.5. The summed E-state index contributed by atoms with van der Waals surface area (Å²) in [5.41, 5.74) is 8.58. The maximum atomic E-state index is 13.7. The molecule has 1 amide bonds. The molecule has 8 rings (SSSR count). The first-order chi connectivity index (χ1) is 28.4. The number of esters is 1. The lowest BCUT2D eigenvalue weighted by atomic mass is 9.43. The van der Waals surface area contributed by atoms with E-state index in [1.54, 1.807) is 0 Å². The van der Waals surface area contributed by atoms with Gasteiger partial charge in [-0.1, -0.05) is 46.7 Å². The number of nitrogens with zero attached hydrogens (tertiary/aromatic N) is 3. The fourth-order valence-corrected chi connectivity index (χ4v) is 18.1. The summed E-state index contributed by atoms with van der Waals surface area (Å²) in [6.07, 6.45) is 13.2. The summed E-state index contributed by atoms with van der Waals surface area (Å²) in [5.74, 6) is 3.07. The van der Waals surface area contributed by atoms with E-state index in [2.05, 4.69) is 56.9 Å². The van der Waals surface area contributed by atoms with Crippen molar-refractivity contribution in [1.82, 2.24) is 5.32 Å². The summed E-state index contributed by atoms with van der Waals surface area (Å²) in [7, 11) is 1.44. The van der Waals surface area contributed by atoms with Crippen LogP contribution in [0.3, 0.4) is 0 Å². The van der Waals surface area contributed by atoms with Crippen molar-refractivity contribution in [2.24, 2.45) is 97.8 Å². The second kappa shape index (κ2) is 16.6. The van der Waals surface area contributed by atoms with Gasteiger partial charge in [0.05, 0.1) is 31.5 Å². The van der Waals surface area contributed by atoms with Crippen LogP contribution in [-0.4, -0.2) is 75.9 Å². The van der Waals surface area contributed by atoms with Crippen LogP contribution in [-0.2, 0) is 14.3 Å². The molecule has 0 heterocycles. The van der Waals surface area contributed by atoms with Crippen LogP contribution < -0.4 is 5.32 Å². The molecule has 0 aromatic heterocycles. The van der Waals surface area contributed by atoms with Crippen molar-refractivity contribution in [2.45, 2.75) is 194 Å². The van der Waals surface area contributed by atoms with Crippen molar-refractivity contribution in [3.8, 4) is 0 Å². The van der Waals surface area contributed by atoms with Gasteiger partial charge in [-0.05, 0) is 201 Å². The topological polar surface area (TPSA) is 185 Å². The van der Waals surface area contributed by atoms with Crippen molar-refractivity contribution in [2.75, 3.05) is 7.11 Å². The third kappa shape index (κ3) is 7.08. The predicted octanol–water partition coefficient (Wildman–Crippen LogP) is 8.36. The number of fused-ring (bicyclic) bond motifs is 10. The molecule has 22 atom stereocenters. The fourth-order valence-electron chi connectivity index (χ4n) is 18.1. The maximum absolute atomic E-state index is 13.7. The lowest BCUT2D eigenvalue weighted by Crippen LogP contribution is -2.63. The van der Waals surface area contributed by atoms with Gasteiger partial charge in [0, 0.05) is 29.8 Å². The molecule has 0 aromatic rings. The zero-order valence-electron chi connectivity index (χ0n) is 38.0. The van der Waals surface area contributed by atoms with Gasteiger partial charge in [-0.2, -0.15) is 0 Å². The molecule has 0 bridgehead atoms. The summed E-state index contributed by atoms with van der Waals surface area (Å²) < 4.78 is 4.92. The Hall–Kier alpha value is -1.91. The molecule has 0 radical (unpaired) electrons. The number of carbonyl (C=O) groups excluding carboxylic acids is 2. The van der Waals surface area contributed by atoms with Gasteiger partial charge in [0.2, 0.25) is 5.91 Å². The maximum Gasteiger partial charge on any atom is 0.305 e. The highest BCUT2D eigenvalue weighted by atomic mass is 16.5. The van der Waals surface area contributed by atoms with Crippen LogP contribution in [0.25, 0.3) is 10.4 Å².